The standard InChI is InChI=1S/C24H35N/c1-2-3-19-4-6-20(7-5-19)8-9-21-10-14-23(15-11-21)24-16-12-22(18-25)13-17-24/h10-11,14-15,19-20,22,24H,2-9,12-13,16-17H2,1H3/t19-,20-,22-,24-. The average molecular weight is 338 g/mol. The first-order chi connectivity index (χ1) is 12.3. The van der Waals surface area contributed by atoms with Crippen molar-refractivity contribution in [2.75, 3.05) is 0 Å². The number of hydrogen-bond acceptors (Lipinski definition) is 1. The molecule has 0 bridgehead atoms. The lowest BCUT2D eigenvalue weighted by atomic mass is 9.77. The van der Waals surface area contributed by atoms with Gasteiger partial charge in [0.2, 0.25) is 0 Å². The van der Waals surface area contributed by atoms with Crippen molar-refractivity contribution in [3.8, 4) is 6.07 Å². The van der Waals surface area contributed by atoms with Crippen molar-refractivity contribution in [3.05, 3.63) is 35.4 Å². The molecule has 0 spiro atoms. The van der Waals surface area contributed by atoms with Crippen molar-refractivity contribution in [1.29, 1.82) is 5.26 Å². The highest BCUT2D eigenvalue weighted by Gasteiger charge is 2.22. The fourth-order valence-corrected chi connectivity index (χ4v) is 5.10. The van der Waals surface area contributed by atoms with Gasteiger partial charge in [0, 0.05) is 5.92 Å². The highest BCUT2D eigenvalue weighted by atomic mass is 14.3. The molecule has 136 valence electrons. The molecule has 0 saturated heterocycles. The summed E-state index contributed by atoms with van der Waals surface area (Å²) in [6.45, 7) is 2.32. The molecule has 0 atom stereocenters. The Kier molecular flexibility index (Phi) is 6.97. The minimum Gasteiger partial charge on any atom is -0.198 e. The summed E-state index contributed by atoms with van der Waals surface area (Å²) in [5.74, 6) is 2.99. The van der Waals surface area contributed by atoms with Crippen LogP contribution in [0.25, 0.3) is 0 Å². The molecule has 1 aromatic carbocycles. The van der Waals surface area contributed by atoms with Crippen molar-refractivity contribution in [1.82, 2.24) is 0 Å². The summed E-state index contributed by atoms with van der Waals surface area (Å²) in [6, 6.07) is 11.9. The summed E-state index contributed by atoms with van der Waals surface area (Å²) < 4.78 is 0. The van der Waals surface area contributed by atoms with E-state index in [2.05, 4.69) is 37.3 Å². The van der Waals surface area contributed by atoms with E-state index in [-0.39, 0.29) is 0 Å². The van der Waals surface area contributed by atoms with E-state index in [4.69, 9.17) is 5.26 Å². The Hall–Kier alpha value is -1.29. The molecule has 2 saturated carbocycles. The van der Waals surface area contributed by atoms with E-state index in [1.54, 1.807) is 0 Å². The second-order valence-corrected chi connectivity index (χ2v) is 8.63. The predicted molar refractivity (Wildman–Crippen MR) is 105 cm³/mol. The molecule has 0 heterocycles. The Bertz CT molecular complexity index is 536. The summed E-state index contributed by atoms with van der Waals surface area (Å²) in [7, 11) is 0. The highest BCUT2D eigenvalue weighted by Crippen LogP contribution is 2.36. The van der Waals surface area contributed by atoms with Crippen LogP contribution >= 0.6 is 0 Å². The molecule has 2 aliphatic carbocycles. The number of rotatable bonds is 6. The molecule has 0 aromatic heterocycles. The number of nitrogens with zero attached hydrogens (tertiary/aromatic N) is 1. The van der Waals surface area contributed by atoms with Gasteiger partial charge in [0.25, 0.3) is 0 Å². The Balaban J connectivity index is 1.42. The van der Waals surface area contributed by atoms with Crippen LogP contribution in [0.2, 0.25) is 0 Å². The minimum atomic E-state index is 0.308. The molecule has 0 unspecified atom stereocenters. The van der Waals surface area contributed by atoms with E-state index in [1.165, 1.54) is 75.3 Å². The third-order valence-electron chi connectivity index (χ3n) is 6.87. The second kappa shape index (κ2) is 9.42. The molecule has 0 N–H and O–H groups in total. The summed E-state index contributed by atoms with van der Waals surface area (Å²) in [4.78, 5) is 0. The number of nitriles is 1. The molecule has 1 heteroatoms. The van der Waals surface area contributed by atoms with Crippen LogP contribution in [0.5, 0.6) is 0 Å². The van der Waals surface area contributed by atoms with Gasteiger partial charge in [-0.25, -0.2) is 0 Å². The van der Waals surface area contributed by atoms with Gasteiger partial charge in [-0.15, -0.1) is 0 Å². The zero-order valence-corrected chi connectivity index (χ0v) is 16.1. The monoisotopic (exact) mass is 337 g/mol. The van der Waals surface area contributed by atoms with Crippen LogP contribution in [0.4, 0.5) is 0 Å². The van der Waals surface area contributed by atoms with E-state index in [0.29, 0.717) is 11.8 Å². The lowest BCUT2D eigenvalue weighted by Crippen LogP contribution is -2.15. The maximum atomic E-state index is 9.04. The van der Waals surface area contributed by atoms with Crippen LogP contribution in [-0.2, 0) is 6.42 Å². The highest BCUT2D eigenvalue weighted by molar-refractivity contribution is 5.26. The smallest absolute Gasteiger partial charge is 0.0655 e. The molecule has 2 fully saturated rings. The number of aryl methyl sites for hydroxylation is 1. The summed E-state index contributed by atoms with van der Waals surface area (Å²) >= 11 is 0. The second-order valence-electron chi connectivity index (χ2n) is 8.63. The topological polar surface area (TPSA) is 23.8 Å². The molecule has 1 aromatic rings. The molecular weight excluding hydrogens is 302 g/mol. The zero-order valence-electron chi connectivity index (χ0n) is 16.1. The Morgan fingerprint density at radius 2 is 1.44 bits per heavy atom. The molecule has 0 radical (unpaired) electrons. The SMILES string of the molecule is CCC[C@H]1CC[C@H](CCc2ccc([C@H]3CC[C@H](C#N)CC3)cc2)CC1. The van der Waals surface area contributed by atoms with Gasteiger partial charge in [-0.1, -0.05) is 69.7 Å². The van der Waals surface area contributed by atoms with E-state index < -0.39 is 0 Å². The quantitative estimate of drug-likeness (QED) is 0.547. The Morgan fingerprint density at radius 3 is 2.00 bits per heavy atom. The maximum Gasteiger partial charge on any atom is 0.0655 e. The largest absolute Gasteiger partial charge is 0.198 e. The first-order valence-corrected chi connectivity index (χ1v) is 10.8. The number of hydrogen-bond donors (Lipinski definition) is 0. The average Bonchev–Trinajstić information content (AvgIpc) is 2.68. The maximum absolute atomic E-state index is 9.04. The minimum absolute atomic E-state index is 0.308. The van der Waals surface area contributed by atoms with E-state index in [9.17, 15) is 0 Å². The van der Waals surface area contributed by atoms with Gasteiger partial charge >= 0.3 is 0 Å². The lowest BCUT2D eigenvalue weighted by molar-refractivity contribution is 0.252. The van der Waals surface area contributed by atoms with Gasteiger partial charge in [-0.05, 0) is 67.4 Å². The van der Waals surface area contributed by atoms with Crippen molar-refractivity contribution >= 4 is 0 Å². The van der Waals surface area contributed by atoms with Crippen LogP contribution < -0.4 is 0 Å². The van der Waals surface area contributed by atoms with E-state index >= 15 is 0 Å². The fourth-order valence-electron chi connectivity index (χ4n) is 5.10. The summed E-state index contributed by atoms with van der Waals surface area (Å²) in [5.41, 5.74) is 3.02. The van der Waals surface area contributed by atoms with Gasteiger partial charge in [-0.2, -0.15) is 5.26 Å². The first kappa shape index (κ1) is 18.5. The van der Waals surface area contributed by atoms with Gasteiger partial charge in [0.05, 0.1) is 6.07 Å². The zero-order chi connectivity index (χ0) is 17.5. The van der Waals surface area contributed by atoms with E-state index in [1.807, 2.05) is 0 Å². The molecule has 0 aliphatic heterocycles. The fraction of sp³-hybridized carbons (Fsp3) is 0.708. The summed E-state index contributed by atoms with van der Waals surface area (Å²) in [6.07, 6.45) is 15.9. The van der Waals surface area contributed by atoms with Crippen LogP contribution in [0, 0.1) is 29.1 Å². The van der Waals surface area contributed by atoms with Gasteiger partial charge in [0.1, 0.15) is 0 Å². The molecule has 2 aliphatic rings. The van der Waals surface area contributed by atoms with Crippen molar-refractivity contribution in [2.24, 2.45) is 17.8 Å². The molecule has 0 amide bonds. The van der Waals surface area contributed by atoms with Crippen molar-refractivity contribution in [3.63, 3.8) is 0 Å². The van der Waals surface area contributed by atoms with Gasteiger partial charge in [-0.3, -0.25) is 0 Å². The summed E-state index contributed by atoms with van der Waals surface area (Å²) in [5, 5.41) is 9.04. The number of benzene rings is 1. The van der Waals surface area contributed by atoms with E-state index in [0.717, 1.165) is 24.7 Å². The third kappa shape index (κ3) is 5.34. The Morgan fingerprint density at radius 1 is 0.840 bits per heavy atom. The molecule has 3 rings (SSSR count). The van der Waals surface area contributed by atoms with Crippen LogP contribution in [0.3, 0.4) is 0 Å². The van der Waals surface area contributed by atoms with Crippen molar-refractivity contribution < 1.29 is 0 Å². The van der Waals surface area contributed by atoms with Gasteiger partial charge < -0.3 is 0 Å². The molecule has 25 heavy (non-hydrogen) atoms. The molecular formula is C24H35N. The van der Waals surface area contributed by atoms with Crippen LogP contribution in [-0.4, -0.2) is 0 Å². The van der Waals surface area contributed by atoms with Crippen LogP contribution in [0.15, 0.2) is 24.3 Å². The van der Waals surface area contributed by atoms with Crippen molar-refractivity contribution in [2.45, 2.75) is 89.9 Å². The van der Waals surface area contributed by atoms with Crippen LogP contribution in [0.1, 0.15) is 94.6 Å². The predicted octanol–water partition coefficient (Wildman–Crippen LogP) is 7.02. The normalized spacial score (nSPS) is 29.9. The Labute approximate surface area is 154 Å². The lowest BCUT2D eigenvalue weighted by Gasteiger charge is -2.28. The first-order valence-electron chi connectivity index (χ1n) is 10.8. The van der Waals surface area contributed by atoms with Gasteiger partial charge in [0.15, 0.2) is 0 Å². The molecule has 1 nitrogen and oxygen atoms in total. The third-order valence-corrected chi connectivity index (χ3v) is 6.87.